The lowest BCUT2D eigenvalue weighted by Gasteiger charge is -2.31. The number of hydrogen-bond donors (Lipinski definition) is 1. The molecule has 0 heterocycles. The zero-order valence-corrected chi connectivity index (χ0v) is 10.5. The predicted molar refractivity (Wildman–Crippen MR) is 62.4 cm³/mol. The average Bonchev–Trinajstić information content (AvgIpc) is 2.13. The second kappa shape index (κ2) is 4.82. The van der Waals surface area contributed by atoms with Gasteiger partial charge in [0.25, 0.3) is 0 Å². The van der Waals surface area contributed by atoms with Gasteiger partial charge in [-0.1, -0.05) is 26.8 Å². The van der Waals surface area contributed by atoms with Crippen molar-refractivity contribution in [1.82, 2.24) is 5.32 Å². The molecule has 94 valence electrons. The molecule has 1 rings (SSSR count). The number of hydrogen-bond acceptors (Lipinski definition) is 1. The zero-order valence-electron chi connectivity index (χ0n) is 10.5. The predicted octanol–water partition coefficient (Wildman–Crippen LogP) is 3.19. The Morgan fingerprint density at radius 2 is 1.88 bits per heavy atom. The Morgan fingerprint density at radius 3 is 2.29 bits per heavy atom. The summed E-state index contributed by atoms with van der Waals surface area (Å²) in [4.78, 5) is 11.1. The van der Waals surface area contributed by atoms with Crippen LogP contribution in [0.15, 0.2) is 18.2 Å². The molecule has 0 fully saturated rings. The molecule has 1 atom stereocenters. The lowest BCUT2D eigenvalue weighted by atomic mass is 9.82. The fourth-order valence-electron chi connectivity index (χ4n) is 1.70. The third-order valence-corrected chi connectivity index (χ3v) is 2.49. The Hall–Kier alpha value is -1.45. The molecule has 1 aromatic carbocycles. The van der Waals surface area contributed by atoms with Gasteiger partial charge in [0.1, 0.15) is 11.6 Å². The summed E-state index contributed by atoms with van der Waals surface area (Å²) in [5.74, 6) is -1.51. The molecule has 1 amide bonds. The first-order valence-corrected chi connectivity index (χ1v) is 5.44. The molecule has 0 aromatic heterocycles. The monoisotopic (exact) mass is 241 g/mol. The zero-order chi connectivity index (χ0) is 13.2. The molecule has 17 heavy (non-hydrogen) atoms. The normalized spacial score (nSPS) is 13.3. The van der Waals surface area contributed by atoms with Crippen molar-refractivity contribution in [2.75, 3.05) is 0 Å². The van der Waals surface area contributed by atoms with Gasteiger partial charge in [0.15, 0.2) is 0 Å². The van der Waals surface area contributed by atoms with Crippen molar-refractivity contribution in [3.05, 3.63) is 35.4 Å². The number of nitrogens with one attached hydrogen (secondary N) is 1. The third kappa shape index (κ3) is 3.51. The number of amides is 1. The molecular formula is C13H17F2NO. The molecular weight excluding hydrogens is 224 g/mol. The van der Waals surface area contributed by atoms with Crippen LogP contribution in [-0.2, 0) is 4.79 Å². The van der Waals surface area contributed by atoms with Crippen LogP contribution in [0.25, 0.3) is 0 Å². The Balaban J connectivity index is 3.17. The van der Waals surface area contributed by atoms with Crippen molar-refractivity contribution in [1.29, 1.82) is 0 Å². The van der Waals surface area contributed by atoms with E-state index in [0.717, 1.165) is 6.07 Å². The van der Waals surface area contributed by atoms with E-state index in [1.165, 1.54) is 19.1 Å². The summed E-state index contributed by atoms with van der Waals surface area (Å²) in [5, 5.41) is 2.70. The summed E-state index contributed by atoms with van der Waals surface area (Å²) in [6, 6.07) is 2.91. The lowest BCUT2D eigenvalue weighted by Crippen LogP contribution is -2.35. The topological polar surface area (TPSA) is 29.1 Å². The smallest absolute Gasteiger partial charge is 0.217 e. The second-order valence-corrected chi connectivity index (χ2v) is 5.17. The number of carbonyl (C=O) groups excluding carboxylic acids is 1. The van der Waals surface area contributed by atoms with Gasteiger partial charge in [0.2, 0.25) is 5.91 Å². The summed E-state index contributed by atoms with van der Waals surface area (Å²) < 4.78 is 26.5. The first-order valence-electron chi connectivity index (χ1n) is 5.44. The maximum absolute atomic E-state index is 13.7. The van der Waals surface area contributed by atoms with Crippen LogP contribution in [0.2, 0.25) is 0 Å². The van der Waals surface area contributed by atoms with Gasteiger partial charge < -0.3 is 5.32 Å². The van der Waals surface area contributed by atoms with E-state index in [0.29, 0.717) is 5.56 Å². The summed E-state index contributed by atoms with van der Waals surface area (Å²) in [6.07, 6.45) is 0. The molecule has 0 bridgehead atoms. The molecule has 1 unspecified atom stereocenters. The standard InChI is InChI=1S/C13H17F2NO/c1-8(17)16-12(13(2,3)4)10-6-5-9(14)7-11(10)15/h5-7,12H,1-4H3,(H,16,17). The Kier molecular flexibility index (Phi) is 3.86. The molecule has 0 radical (unpaired) electrons. The average molecular weight is 241 g/mol. The summed E-state index contributed by atoms with van der Waals surface area (Å²) >= 11 is 0. The first kappa shape index (κ1) is 13.6. The van der Waals surface area contributed by atoms with Crippen LogP contribution in [0.5, 0.6) is 0 Å². The van der Waals surface area contributed by atoms with Gasteiger partial charge in [-0.3, -0.25) is 4.79 Å². The van der Waals surface area contributed by atoms with E-state index in [1.54, 1.807) is 0 Å². The second-order valence-electron chi connectivity index (χ2n) is 5.17. The highest BCUT2D eigenvalue weighted by atomic mass is 19.1. The number of rotatable bonds is 2. The number of carbonyl (C=O) groups is 1. The third-order valence-electron chi connectivity index (χ3n) is 2.49. The van der Waals surface area contributed by atoms with E-state index in [4.69, 9.17) is 0 Å². The first-order chi connectivity index (χ1) is 7.71. The lowest BCUT2D eigenvalue weighted by molar-refractivity contribution is -0.120. The van der Waals surface area contributed by atoms with Crippen LogP contribution >= 0.6 is 0 Å². The van der Waals surface area contributed by atoms with E-state index in [1.807, 2.05) is 20.8 Å². The van der Waals surface area contributed by atoms with Crippen LogP contribution in [-0.4, -0.2) is 5.91 Å². The van der Waals surface area contributed by atoms with Crippen LogP contribution in [0, 0.1) is 17.0 Å². The highest BCUT2D eigenvalue weighted by Crippen LogP contribution is 2.34. The fraction of sp³-hybridized carbons (Fsp3) is 0.462. The maximum atomic E-state index is 13.7. The minimum Gasteiger partial charge on any atom is -0.349 e. The Labute approximate surface area is 100 Å². The van der Waals surface area contributed by atoms with Gasteiger partial charge in [-0.2, -0.15) is 0 Å². The maximum Gasteiger partial charge on any atom is 0.217 e. The largest absolute Gasteiger partial charge is 0.349 e. The number of halogens is 2. The SMILES string of the molecule is CC(=O)NC(c1ccc(F)cc1F)C(C)(C)C. The van der Waals surface area contributed by atoms with Crippen molar-refractivity contribution in [2.24, 2.45) is 5.41 Å². The van der Waals surface area contributed by atoms with Gasteiger partial charge in [-0.15, -0.1) is 0 Å². The van der Waals surface area contributed by atoms with Gasteiger partial charge in [-0.05, 0) is 11.5 Å². The van der Waals surface area contributed by atoms with Gasteiger partial charge in [0, 0.05) is 18.6 Å². The van der Waals surface area contributed by atoms with Crippen LogP contribution in [0.1, 0.15) is 39.3 Å². The van der Waals surface area contributed by atoms with Crippen molar-refractivity contribution < 1.29 is 13.6 Å². The van der Waals surface area contributed by atoms with Gasteiger partial charge in [-0.25, -0.2) is 8.78 Å². The van der Waals surface area contributed by atoms with E-state index in [-0.39, 0.29) is 11.3 Å². The van der Waals surface area contributed by atoms with E-state index in [9.17, 15) is 13.6 Å². The molecule has 1 N–H and O–H groups in total. The molecule has 0 aliphatic carbocycles. The van der Waals surface area contributed by atoms with E-state index >= 15 is 0 Å². The summed E-state index contributed by atoms with van der Waals surface area (Å²) in [5.41, 5.74) is -0.0567. The molecule has 4 heteroatoms. The van der Waals surface area contributed by atoms with Gasteiger partial charge >= 0.3 is 0 Å². The van der Waals surface area contributed by atoms with Crippen LogP contribution in [0.3, 0.4) is 0 Å². The summed E-state index contributed by atoms with van der Waals surface area (Å²) in [6.45, 7) is 7.03. The molecule has 0 spiro atoms. The fourth-order valence-corrected chi connectivity index (χ4v) is 1.70. The van der Waals surface area contributed by atoms with Crippen molar-refractivity contribution in [3.8, 4) is 0 Å². The Bertz CT molecular complexity index is 424. The molecule has 1 aromatic rings. The van der Waals surface area contributed by atoms with Gasteiger partial charge in [0.05, 0.1) is 6.04 Å². The number of benzene rings is 1. The highest BCUT2D eigenvalue weighted by Gasteiger charge is 2.29. The molecule has 0 aliphatic heterocycles. The molecule has 2 nitrogen and oxygen atoms in total. The van der Waals surface area contributed by atoms with Crippen LogP contribution < -0.4 is 5.32 Å². The van der Waals surface area contributed by atoms with E-state index in [2.05, 4.69) is 5.32 Å². The Morgan fingerprint density at radius 1 is 1.29 bits per heavy atom. The van der Waals surface area contributed by atoms with E-state index < -0.39 is 17.7 Å². The molecule has 0 saturated carbocycles. The van der Waals surface area contributed by atoms with Crippen molar-refractivity contribution in [2.45, 2.75) is 33.7 Å². The highest BCUT2D eigenvalue weighted by molar-refractivity contribution is 5.73. The van der Waals surface area contributed by atoms with Crippen LogP contribution in [0.4, 0.5) is 8.78 Å². The summed E-state index contributed by atoms with van der Waals surface area (Å²) in [7, 11) is 0. The molecule has 0 saturated heterocycles. The van der Waals surface area contributed by atoms with Crippen molar-refractivity contribution in [3.63, 3.8) is 0 Å². The molecule has 0 aliphatic rings. The minimum absolute atomic E-state index is 0.242. The quantitative estimate of drug-likeness (QED) is 0.846. The van der Waals surface area contributed by atoms with Crippen molar-refractivity contribution >= 4 is 5.91 Å². The minimum atomic E-state index is -0.640.